The van der Waals surface area contributed by atoms with Crippen molar-refractivity contribution >= 4 is 6.03 Å². The number of ether oxygens (including phenoxy) is 1. The molecule has 0 aliphatic carbocycles. The van der Waals surface area contributed by atoms with E-state index in [-0.39, 0.29) is 12.6 Å². The van der Waals surface area contributed by atoms with Crippen LogP contribution in [0.5, 0.6) is 0 Å². The van der Waals surface area contributed by atoms with Crippen LogP contribution < -0.4 is 10.6 Å². The molecule has 1 atom stereocenters. The predicted molar refractivity (Wildman–Crippen MR) is 90.4 cm³/mol. The zero-order valence-electron chi connectivity index (χ0n) is 14.3. The number of rotatable bonds is 7. The van der Waals surface area contributed by atoms with Gasteiger partial charge in [-0.1, -0.05) is 24.3 Å². The maximum atomic E-state index is 11.9. The van der Waals surface area contributed by atoms with E-state index in [4.69, 9.17) is 9.15 Å². The highest BCUT2D eigenvalue weighted by atomic mass is 16.5. The molecule has 1 unspecified atom stereocenters. The quantitative estimate of drug-likeness (QED) is 0.727. The van der Waals surface area contributed by atoms with Crippen molar-refractivity contribution in [3.05, 3.63) is 59.0 Å². The Morgan fingerprint density at radius 1 is 1.17 bits per heavy atom. The average molecular weight is 332 g/mol. The second kappa shape index (κ2) is 7.99. The summed E-state index contributed by atoms with van der Waals surface area (Å²) in [6.45, 7) is 4.42. The van der Waals surface area contributed by atoms with Gasteiger partial charge in [0.05, 0.1) is 13.2 Å². The second-order valence-corrected chi connectivity index (χ2v) is 5.97. The Kier molecular flexibility index (Phi) is 6.00. The van der Waals surface area contributed by atoms with Crippen LogP contribution in [0, 0.1) is 6.92 Å². The van der Waals surface area contributed by atoms with Crippen molar-refractivity contribution in [2.45, 2.75) is 32.6 Å². The fourth-order valence-electron chi connectivity index (χ4n) is 2.23. The van der Waals surface area contributed by atoms with Crippen LogP contribution >= 0.6 is 0 Å². The average Bonchev–Trinajstić information content (AvgIpc) is 3.00. The van der Waals surface area contributed by atoms with E-state index in [2.05, 4.69) is 10.6 Å². The molecule has 6 nitrogen and oxygen atoms in total. The lowest BCUT2D eigenvalue weighted by Gasteiger charge is -2.21. The number of nitrogens with one attached hydrogen (secondary N) is 2. The SMILES string of the molecule is COCc1ccc(CNC(=O)NCC(C)(O)c2ccc(C)o2)cc1. The standard InChI is InChI=1S/C18H24N2O4/c1-13-4-9-16(24-13)18(2,22)12-20-17(21)19-10-14-5-7-15(8-6-14)11-23-3/h4-9,22H,10-12H2,1-3H3,(H2,19,20,21). The maximum absolute atomic E-state index is 11.9. The van der Waals surface area contributed by atoms with Gasteiger partial charge < -0.3 is 24.9 Å². The Balaban J connectivity index is 1.78. The van der Waals surface area contributed by atoms with Crippen LogP contribution in [0.1, 0.15) is 29.6 Å². The molecule has 24 heavy (non-hydrogen) atoms. The summed E-state index contributed by atoms with van der Waals surface area (Å²) >= 11 is 0. The third kappa shape index (κ3) is 5.11. The van der Waals surface area contributed by atoms with Crippen molar-refractivity contribution in [2.24, 2.45) is 0 Å². The van der Waals surface area contributed by atoms with Gasteiger partial charge in [-0.25, -0.2) is 4.79 Å². The maximum Gasteiger partial charge on any atom is 0.315 e. The second-order valence-electron chi connectivity index (χ2n) is 5.97. The first-order valence-electron chi connectivity index (χ1n) is 7.78. The molecule has 2 rings (SSSR count). The van der Waals surface area contributed by atoms with Gasteiger partial charge in [-0.2, -0.15) is 0 Å². The number of amides is 2. The Labute approximate surface area is 141 Å². The summed E-state index contributed by atoms with van der Waals surface area (Å²) in [5.74, 6) is 1.14. The van der Waals surface area contributed by atoms with Gasteiger partial charge in [-0.15, -0.1) is 0 Å². The summed E-state index contributed by atoms with van der Waals surface area (Å²) < 4.78 is 10.5. The predicted octanol–water partition coefficient (Wildman–Crippen LogP) is 2.44. The molecular formula is C18H24N2O4. The van der Waals surface area contributed by atoms with E-state index in [9.17, 15) is 9.90 Å². The minimum Gasteiger partial charge on any atom is -0.463 e. The first kappa shape index (κ1) is 18.0. The van der Waals surface area contributed by atoms with E-state index in [0.717, 1.165) is 11.1 Å². The van der Waals surface area contributed by atoms with Gasteiger partial charge in [0.15, 0.2) is 0 Å². The van der Waals surface area contributed by atoms with Crippen LogP contribution in [0.4, 0.5) is 4.79 Å². The molecule has 3 N–H and O–H groups in total. The van der Waals surface area contributed by atoms with Crippen molar-refractivity contribution in [3.63, 3.8) is 0 Å². The number of methoxy groups -OCH3 is 1. The number of aryl methyl sites for hydroxylation is 1. The molecule has 0 radical (unpaired) electrons. The van der Waals surface area contributed by atoms with Crippen LogP contribution in [-0.2, 0) is 23.5 Å². The van der Waals surface area contributed by atoms with E-state index in [1.807, 2.05) is 24.3 Å². The minimum atomic E-state index is -1.26. The van der Waals surface area contributed by atoms with Crippen LogP contribution in [0.3, 0.4) is 0 Å². The van der Waals surface area contributed by atoms with E-state index in [1.54, 1.807) is 33.1 Å². The first-order valence-corrected chi connectivity index (χ1v) is 7.78. The molecule has 0 aliphatic heterocycles. The number of benzene rings is 1. The summed E-state index contributed by atoms with van der Waals surface area (Å²) in [5.41, 5.74) is 0.807. The van der Waals surface area contributed by atoms with Gasteiger partial charge in [0, 0.05) is 13.7 Å². The lowest BCUT2D eigenvalue weighted by Crippen LogP contribution is -2.43. The highest BCUT2D eigenvalue weighted by Crippen LogP contribution is 2.21. The molecule has 0 saturated heterocycles. The van der Waals surface area contributed by atoms with Gasteiger partial charge in [-0.05, 0) is 37.1 Å². The number of hydrogen-bond acceptors (Lipinski definition) is 4. The molecule has 130 valence electrons. The summed E-state index contributed by atoms with van der Waals surface area (Å²) in [6.07, 6.45) is 0. The molecule has 2 amide bonds. The third-order valence-corrected chi connectivity index (χ3v) is 3.65. The highest BCUT2D eigenvalue weighted by Gasteiger charge is 2.27. The van der Waals surface area contributed by atoms with E-state index >= 15 is 0 Å². The van der Waals surface area contributed by atoms with Crippen LogP contribution in [0.2, 0.25) is 0 Å². The van der Waals surface area contributed by atoms with Crippen molar-refractivity contribution in [3.8, 4) is 0 Å². The number of hydrogen-bond donors (Lipinski definition) is 3. The molecule has 1 heterocycles. The zero-order chi connectivity index (χ0) is 17.6. The molecular weight excluding hydrogens is 308 g/mol. The Bertz CT molecular complexity index is 662. The summed E-state index contributed by atoms with van der Waals surface area (Å²) in [7, 11) is 1.65. The van der Waals surface area contributed by atoms with Gasteiger partial charge in [0.1, 0.15) is 17.1 Å². The van der Waals surface area contributed by atoms with Gasteiger partial charge >= 0.3 is 6.03 Å². The van der Waals surface area contributed by atoms with E-state index in [1.165, 1.54) is 0 Å². The summed E-state index contributed by atoms with van der Waals surface area (Å²) in [5, 5.41) is 15.8. The molecule has 0 saturated carbocycles. The van der Waals surface area contributed by atoms with E-state index < -0.39 is 5.60 Å². The fourth-order valence-corrected chi connectivity index (χ4v) is 2.23. The lowest BCUT2D eigenvalue weighted by molar-refractivity contribution is 0.0360. The smallest absolute Gasteiger partial charge is 0.315 e. The number of furan rings is 1. The topological polar surface area (TPSA) is 83.7 Å². The van der Waals surface area contributed by atoms with Crippen LogP contribution in [0.15, 0.2) is 40.8 Å². The fraction of sp³-hybridized carbons (Fsp3) is 0.389. The number of carbonyl (C=O) groups excluding carboxylic acids is 1. The van der Waals surface area contributed by atoms with Gasteiger partial charge in [0.2, 0.25) is 0 Å². The first-order chi connectivity index (χ1) is 11.4. The van der Waals surface area contributed by atoms with Crippen molar-refractivity contribution in [2.75, 3.05) is 13.7 Å². The molecule has 0 aliphatic rings. The Morgan fingerprint density at radius 3 is 2.42 bits per heavy atom. The van der Waals surface area contributed by atoms with Crippen molar-refractivity contribution in [1.29, 1.82) is 0 Å². The van der Waals surface area contributed by atoms with Crippen LogP contribution in [0.25, 0.3) is 0 Å². The molecule has 1 aromatic carbocycles. The van der Waals surface area contributed by atoms with Crippen molar-refractivity contribution in [1.82, 2.24) is 10.6 Å². The molecule has 6 heteroatoms. The summed E-state index contributed by atoms with van der Waals surface area (Å²) in [6, 6.07) is 10.9. The number of urea groups is 1. The summed E-state index contributed by atoms with van der Waals surface area (Å²) in [4.78, 5) is 11.9. The molecule has 2 aromatic rings. The zero-order valence-corrected chi connectivity index (χ0v) is 14.3. The molecule has 0 bridgehead atoms. The van der Waals surface area contributed by atoms with Crippen LogP contribution in [-0.4, -0.2) is 24.8 Å². The Hall–Kier alpha value is -2.31. The minimum absolute atomic E-state index is 0.0541. The number of aliphatic hydroxyl groups is 1. The van der Waals surface area contributed by atoms with Crippen molar-refractivity contribution < 1.29 is 19.1 Å². The van der Waals surface area contributed by atoms with E-state index in [0.29, 0.717) is 24.7 Å². The lowest BCUT2D eigenvalue weighted by atomic mass is 10.0. The molecule has 1 aromatic heterocycles. The monoisotopic (exact) mass is 332 g/mol. The number of carbonyl (C=O) groups is 1. The molecule has 0 spiro atoms. The largest absolute Gasteiger partial charge is 0.463 e. The third-order valence-electron chi connectivity index (χ3n) is 3.65. The van der Waals surface area contributed by atoms with Gasteiger partial charge in [-0.3, -0.25) is 0 Å². The Morgan fingerprint density at radius 2 is 1.83 bits per heavy atom. The molecule has 0 fully saturated rings. The normalized spacial score (nSPS) is 13.3. The van der Waals surface area contributed by atoms with Gasteiger partial charge in [0.25, 0.3) is 0 Å². The highest BCUT2D eigenvalue weighted by molar-refractivity contribution is 5.73.